The summed E-state index contributed by atoms with van der Waals surface area (Å²) in [5, 5.41) is 14.3. The van der Waals surface area contributed by atoms with Gasteiger partial charge in [-0.2, -0.15) is 0 Å². The summed E-state index contributed by atoms with van der Waals surface area (Å²) < 4.78 is 19.9. The molecule has 1 aliphatic carbocycles. The third kappa shape index (κ3) is 4.94. The van der Waals surface area contributed by atoms with Crippen molar-refractivity contribution < 1.29 is 28.6 Å². The first-order valence-electron chi connectivity index (χ1n) is 12.5. The Labute approximate surface area is 205 Å². The van der Waals surface area contributed by atoms with Crippen LogP contribution in [0.4, 0.5) is 20.6 Å². The summed E-state index contributed by atoms with van der Waals surface area (Å²) in [6.07, 6.45) is 4.93. The van der Waals surface area contributed by atoms with Crippen molar-refractivity contribution in [2.45, 2.75) is 83.1 Å². The van der Waals surface area contributed by atoms with E-state index in [1.807, 2.05) is 13.8 Å². The van der Waals surface area contributed by atoms with E-state index in [0.717, 1.165) is 30.6 Å². The van der Waals surface area contributed by atoms with Gasteiger partial charge < -0.3 is 20.1 Å². The number of anilines is 2. The molecule has 1 saturated heterocycles. The number of carbonyl (C=O) groups excluding carboxylic acids is 3. The molecule has 1 saturated carbocycles. The SMILES string of the molecule is COC(=O)C1CCCN1C(=O)CN1C(=O)N(C(C)C)c2cc(NC3CCCCC3)c(F)cc2C1O. The van der Waals surface area contributed by atoms with Crippen LogP contribution in [0.5, 0.6) is 0 Å². The summed E-state index contributed by atoms with van der Waals surface area (Å²) in [6.45, 7) is 3.58. The number of likely N-dealkylation sites (tertiary alicyclic amines) is 1. The molecule has 2 aliphatic heterocycles. The van der Waals surface area contributed by atoms with Crippen molar-refractivity contribution in [2.24, 2.45) is 0 Å². The highest BCUT2D eigenvalue weighted by Gasteiger charge is 2.42. The fourth-order valence-corrected chi connectivity index (χ4v) is 5.42. The maximum atomic E-state index is 15.1. The number of benzene rings is 1. The third-order valence-corrected chi connectivity index (χ3v) is 7.23. The van der Waals surface area contributed by atoms with Gasteiger partial charge in [-0.15, -0.1) is 0 Å². The number of rotatable bonds is 6. The quantitative estimate of drug-likeness (QED) is 0.593. The van der Waals surface area contributed by atoms with Crippen LogP contribution in [-0.4, -0.2) is 71.1 Å². The van der Waals surface area contributed by atoms with E-state index in [1.54, 1.807) is 6.07 Å². The minimum Gasteiger partial charge on any atom is -0.467 e. The number of amides is 3. The van der Waals surface area contributed by atoms with E-state index in [0.29, 0.717) is 30.8 Å². The molecule has 0 radical (unpaired) electrons. The zero-order chi connectivity index (χ0) is 25.3. The molecule has 0 spiro atoms. The Hall–Kier alpha value is -2.88. The molecule has 9 nitrogen and oxygen atoms in total. The Kier molecular flexibility index (Phi) is 7.49. The van der Waals surface area contributed by atoms with E-state index in [-0.39, 0.29) is 17.6 Å². The van der Waals surface area contributed by atoms with Gasteiger partial charge >= 0.3 is 12.0 Å². The maximum Gasteiger partial charge on any atom is 0.328 e. The number of ether oxygens (including phenoxy) is 1. The lowest BCUT2D eigenvalue weighted by Gasteiger charge is -2.42. The Morgan fingerprint density at radius 2 is 1.89 bits per heavy atom. The number of nitrogens with zero attached hydrogens (tertiary/aromatic N) is 3. The van der Waals surface area contributed by atoms with Crippen molar-refractivity contribution in [1.82, 2.24) is 9.80 Å². The van der Waals surface area contributed by atoms with Gasteiger partial charge in [0.05, 0.1) is 18.5 Å². The average Bonchev–Trinajstić information content (AvgIpc) is 3.33. The highest BCUT2D eigenvalue weighted by Crippen LogP contribution is 2.40. The molecule has 2 atom stereocenters. The van der Waals surface area contributed by atoms with Crippen LogP contribution in [-0.2, 0) is 14.3 Å². The molecule has 35 heavy (non-hydrogen) atoms. The predicted octanol–water partition coefficient (Wildman–Crippen LogP) is 3.38. The first-order chi connectivity index (χ1) is 16.7. The second-order valence-corrected chi connectivity index (χ2v) is 9.89. The van der Waals surface area contributed by atoms with E-state index in [9.17, 15) is 19.5 Å². The topological polar surface area (TPSA) is 102 Å². The van der Waals surface area contributed by atoms with Gasteiger partial charge in [-0.3, -0.25) is 14.6 Å². The normalized spacial score (nSPS) is 23.0. The van der Waals surface area contributed by atoms with Gasteiger partial charge in [0.25, 0.3) is 0 Å². The van der Waals surface area contributed by atoms with E-state index in [2.05, 4.69) is 5.32 Å². The number of carbonyl (C=O) groups is 3. The zero-order valence-electron chi connectivity index (χ0n) is 20.6. The summed E-state index contributed by atoms with van der Waals surface area (Å²) in [4.78, 5) is 42.5. The summed E-state index contributed by atoms with van der Waals surface area (Å²) in [7, 11) is 1.27. The van der Waals surface area contributed by atoms with Gasteiger partial charge in [0.15, 0.2) is 6.23 Å². The number of esters is 1. The van der Waals surface area contributed by atoms with Gasteiger partial charge in [-0.1, -0.05) is 19.3 Å². The van der Waals surface area contributed by atoms with Crippen molar-refractivity contribution in [3.05, 3.63) is 23.5 Å². The van der Waals surface area contributed by atoms with Crippen LogP contribution in [0.3, 0.4) is 0 Å². The fraction of sp³-hybridized carbons (Fsp3) is 0.640. The minimum atomic E-state index is -1.49. The van der Waals surface area contributed by atoms with Crippen molar-refractivity contribution >= 4 is 29.3 Å². The minimum absolute atomic E-state index is 0.172. The second kappa shape index (κ2) is 10.4. The van der Waals surface area contributed by atoms with Crippen molar-refractivity contribution in [2.75, 3.05) is 30.4 Å². The molecular formula is C25H35FN4O5. The highest BCUT2D eigenvalue weighted by molar-refractivity contribution is 5.99. The highest BCUT2D eigenvalue weighted by atomic mass is 19.1. The second-order valence-electron chi connectivity index (χ2n) is 9.89. The molecule has 2 unspecified atom stereocenters. The van der Waals surface area contributed by atoms with Gasteiger partial charge in [-0.25, -0.2) is 14.0 Å². The molecule has 1 aromatic carbocycles. The molecule has 192 valence electrons. The molecule has 2 fully saturated rings. The molecule has 0 bridgehead atoms. The van der Waals surface area contributed by atoms with Crippen molar-refractivity contribution in [1.29, 1.82) is 0 Å². The molecule has 3 amide bonds. The van der Waals surface area contributed by atoms with E-state index >= 15 is 4.39 Å². The molecule has 0 aromatic heterocycles. The van der Waals surface area contributed by atoms with Crippen LogP contribution in [0.15, 0.2) is 12.1 Å². The van der Waals surface area contributed by atoms with Crippen LogP contribution in [0, 0.1) is 5.82 Å². The molecule has 3 aliphatic rings. The van der Waals surface area contributed by atoms with Gasteiger partial charge in [0, 0.05) is 24.2 Å². The van der Waals surface area contributed by atoms with E-state index in [1.165, 1.54) is 29.4 Å². The maximum absolute atomic E-state index is 15.1. The molecule has 10 heteroatoms. The molecular weight excluding hydrogens is 455 g/mol. The Balaban J connectivity index is 1.60. The number of halogens is 1. The summed E-state index contributed by atoms with van der Waals surface area (Å²) in [5.41, 5.74) is 0.960. The molecule has 1 aromatic rings. The fourth-order valence-electron chi connectivity index (χ4n) is 5.42. The summed E-state index contributed by atoms with van der Waals surface area (Å²) >= 11 is 0. The molecule has 2 heterocycles. The number of nitrogens with one attached hydrogen (secondary N) is 1. The predicted molar refractivity (Wildman–Crippen MR) is 128 cm³/mol. The largest absolute Gasteiger partial charge is 0.467 e. The lowest BCUT2D eigenvalue weighted by atomic mass is 9.95. The van der Waals surface area contributed by atoms with Crippen molar-refractivity contribution in [3.63, 3.8) is 0 Å². The van der Waals surface area contributed by atoms with Crippen LogP contribution < -0.4 is 10.2 Å². The number of aliphatic hydroxyl groups excluding tert-OH is 1. The first-order valence-corrected chi connectivity index (χ1v) is 12.5. The van der Waals surface area contributed by atoms with Crippen LogP contribution in [0.25, 0.3) is 0 Å². The number of aliphatic hydroxyl groups is 1. The van der Waals surface area contributed by atoms with Crippen LogP contribution in [0.2, 0.25) is 0 Å². The molecule has 4 rings (SSSR count). The number of methoxy groups -OCH3 is 1. The smallest absolute Gasteiger partial charge is 0.328 e. The van der Waals surface area contributed by atoms with Crippen LogP contribution in [0.1, 0.15) is 70.6 Å². The van der Waals surface area contributed by atoms with Gasteiger partial charge in [0.1, 0.15) is 18.4 Å². The number of hydrogen-bond donors (Lipinski definition) is 2. The van der Waals surface area contributed by atoms with E-state index in [4.69, 9.17) is 4.74 Å². The monoisotopic (exact) mass is 490 g/mol. The number of hydrogen-bond acceptors (Lipinski definition) is 6. The zero-order valence-corrected chi connectivity index (χ0v) is 20.6. The average molecular weight is 491 g/mol. The Bertz CT molecular complexity index is 981. The standard InChI is InChI=1S/C25H35FN4O5/c1-15(2)30-21-13-19(27-16-8-5-4-6-9-16)18(26)12-17(21)23(32)29(25(30)34)14-22(31)28-11-7-10-20(28)24(33)35-3/h12-13,15-16,20,23,27,32H,4-11,14H2,1-3H3. The summed E-state index contributed by atoms with van der Waals surface area (Å²) in [6, 6.07) is 1.46. The van der Waals surface area contributed by atoms with Gasteiger partial charge in [0.2, 0.25) is 5.91 Å². The lowest BCUT2D eigenvalue weighted by molar-refractivity contribution is -0.151. The number of fused-ring (bicyclic) bond motifs is 1. The Morgan fingerprint density at radius 3 is 2.54 bits per heavy atom. The Morgan fingerprint density at radius 1 is 1.17 bits per heavy atom. The van der Waals surface area contributed by atoms with Crippen molar-refractivity contribution in [3.8, 4) is 0 Å². The third-order valence-electron chi connectivity index (χ3n) is 7.23. The lowest BCUT2D eigenvalue weighted by Crippen LogP contribution is -2.55. The first kappa shape index (κ1) is 25.2. The van der Waals surface area contributed by atoms with Crippen LogP contribution >= 0.6 is 0 Å². The van der Waals surface area contributed by atoms with E-state index < -0.39 is 42.5 Å². The summed E-state index contributed by atoms with van der Waals surface area (Å²) in [5.74, 6) is -1.48. The molecule has 2 N–H and O–H groups in total. The number of urea groups is 1. The van der Waals surface area contributed by atoms with Gasteiger partial charge in [-0.05, 0) is 51.7 Å².